The van der Waals surface area contributed by atoms with Crippen molar-refractivity contribution < 1.29 is 9.90 Å². The van der Waals surface area contributed by atoms with Crippen LogP contribution >= 0.6 is 0 Å². The lowest BCUT2D eigenvalue weighted by Gasteiger charge is -1.84. The summed E-state index contributed by atoms with van der Waals surface area (Å²) in [6, 6.07) is 21.1. The predicted octanol–water partition coefficient (Wildman–Crippen LogP) is 3.55. The zero-order valence-corrected chi connectivity index (χ0v) is 9.71. The highest BCUT2D eigenvalue weighted by atomic mass is 16.4. The first-order valence-electron chi connectivity index (χ1n) is 5.58. The highest BCUT2D eigenvalue weighted by Gasteiger charge is 2.05. The van der Waals surface area contributed by atoms with Crippen molar-refractivity contribution in [1.29, 1.82) is 0 Å². The number of hydrogen-bond donors (Lipinski definition) is 2. The Morgan fingerprint density at radius 1 is 0.889 bits per heavy atom. The summed E-state index contributed by atoms with van der Waals surface area (Å²) < 4.78 is 0. The second-order valence-electron chi connectivity index (χ2n) is 3.73. The lowest BCUT2D eigenvalue weighted by Crippen LogP contribution is -1.94. The molecule has 1 aromatic heterocycles. The smallest absolute Gasteiger partial charge is 0.352 e. The average Bonchev–Trinajstić information content (AvgIpc) is 2.85. The van der Waals surface area contributed by atoms with Gasteiger partial charge in [0.25, 0.3) is 0 Å². The number of hydrogen-bond acceptors (Lipinski definition) is 1. The number of aromatic nitrogens is 1. The first-order valence-corrected chi connectivity index (χ1v) is 5.58. The fraction of sp³-hybridized carbons (Fsp3) is 0. The van der Waals surface area contributed by atoms with Crippen molar-refractivity contribution in [3.63, 3.8) is 0 Å². The first kappa shape index (κ1) is 11.9. The van der Waals surface area contributed by atoms with Gasteiger partial charge >= 0.3 is 5.97 Å². The Bertz CT molecular complexity index is 569. The quantitative estimate of drug-likeness (QED) is 0.682. The van der Waals surface area contributed by atoms with E-state index in [2.05, 4.69) is 4.98 Å². The number of H-pyrrole nitrogens is 1. The molecule has 2 N–H and O–H groups in total. The summed E-state index contributed by atoms with van der Waals surface area (Å²) in [5.41, 5.74) is 1.09. The Morgan fingerprint density at radius 2 is 1.44 bits per heavy atom. The van der Waals surface area contributed by atoms with Crippen molar-refractivity contribution in [3.8, 4) is 0 Å². The van der Waals surface area contributed by atoms with Gasteiger partial charge in [-0.2, -0.15) is 0 Å². The van der Waals surface area contributed by atoms with Crippen LogP contribution in [0.3, 0.4) is 0 Å². The minimum Gasteiger partial charge on any atom is -0.477 e. The van der Waals surface area contributed by atoms with E-state index in [4.69, 9.17) is 5.11 Å². The Hall–Kier alpha value is -2.55. The van der Waals surface area contributed by atoms with E-state index in [1.165, 1.54) is 0 Å². The lowest BCUT2D eigenvalue weighted by molar-refractivity contribution is 0.0691. The third-order valence-corrected chi connectivity index (χ3v) is 2.43. The normalized spacial score (nSPS) is 9.56. The van der Waals surface area contributed by atoms with Crippen molar-refractivity contribution in [2.75, 3.05) is 0 Å². The van der Waals surface area contributed by atoms with Crippen LogP contribution in [0.4, 0.5) is 0 Å². The van der Waals surface area contributed by atoms with Crippen molar-refractivity contribution in [1.82, 2.24) is 4.98 Å². The van der Waals surface area contributed by atoms with Crippen LogP contribution in [0.5, 0.6) is 0 Å². The number of rotatable bonds is 1. The molecule has 0 bridgehead atoms. The lowest BCUT2D eigenvalue weighted by atomic mass is 10.2. The molecule has 3 heteroatoms. The third-order valence-electron chi connectivity index (χ3n) is 2.43. The van der Waals surface area contributed by atoms with E-state index in [9.17, 15) is 4.79 Å². The maximum absolute atomic E-state index is 10.5. The molecule has 0 radical (unpaired) electrons. The SMILES string of the molecule is O=C(O)c1cc2ccccc2[nH]1.c1ccccc1. The van der Waals surface area contributed by atoms with Crippen molar-refractivity contribution in [2.24, 2.45) is 0 Å². The number of carboxylic acid groups (broad SMARTS) is 1. The van der Waals surface area contributed by atoms with E-state index in [-0.39, 0.29) is 5.69 Å². The molecule has 0 amide bonds. The fourth-order valence-electron chi connectivity index (χ4n) is 1.57. The molecular weight excluding hydrogens is 226 g/mol. The summed E-state index contributed by atoms with van der Waals surface area (Å²) in [6.07, 6.45) is 0. The third kappa shape index (κ3) is 2.98. The van der Waals surface area contributed by atoms with Gasteiger partial charge in [0.1, 0.15) is 5.69 Å². The molecule has 0 atom stereocenters. The monoisotopic (exact) mass is 239 g/mol. The Morgan fingerprint density at radius 3 is 1.94 bits per heavy atom. The number of para-hydroxylation sites is 1. The molecule has 0 saturated heterocycles. The van der Waals surface area contributed by atoms with Crippen LogP contribution in [0, 0.1) is 0 Å². The van der Waals surface area contributed by atoms with Gasteiger partial charge in [-0.3, -0.25) is 0 Å². The standard InChI is InChI=1S/C9H7NO2.C6H6/c11-9(12)8-5-6-3-1-2-4-7(6)10-8;1-2-4-6-5-3-1/h1-5,10H,(H,11,12);1-6H. The molecule has 0 fully saturated rings. The van der Waals surface area contributed by atoms with E-state index in [0.717, 1.165) is 10.9 Å². The van der Waals surface area contributed by atoms with Crippen molar-refractivity contribution in [2.45, 2.75) is 0 Å². The van der Waals surface area contributed by atoms with Gasteiger partial charge in [-0.1, -0.05) is 54.6 Å². The van der Waals surface area contributed by atoms with E-state index >= 15 is 0 Å². The molecule has 18 heavy (non-hydrogen) atoms. The van der Waals surface area contributed by atoms with Crippen molar-refractivity contribution >= 4 is 16.9 Å². The predicted molar refractivity (Wildman–Crippen MR) is 71.7 cm³/mol. The van der Waals surface area contributed by atoms with Gasteiger partial charge in [-0.25, -0.2) is 4.79 Å². The maximum atomic E-state index is 10.5. The van der Waals surface area contributed by atoms with Crippen LogP contribution in [0.2, 0.25) is 0 Å². The first-order chi connectivity index (χ1) is 8.77. The van der Waals surface area contributed by atoms with Gasteiger partial charge in [0.15, 0.2) is 0 Å². The molecule has 2 aromatic carbocycles. The van der Waals surface area contributed by atoms with Crippen molar-refractivity contribution in [3.05, 3.63) is 72.4 Å². The fourth-order valence-corrected chi connectivity index (χ4v) is 1.57. The van der Waals surface area contributed by atoms with E-state index in [1.807, 2.05) is 60.7 Å². The zero-order chi connectivity index (χ0) is 12.8. The molecule has 0 aliphatic heterocycles. The topological polar surface area (TPSA) is 53.1 Å². The van der Waals surface area contributed by atoms with E-state index in [1.54, 1.807) is 6.07 Å². The highest BCUT2D eigenvalue weighted by molar-refractivity contribution is 5.93. The molecular formula is C15H13NO2. The average molecular weight is 239 g/mol. The second-order valence-corrected chi connectivity index (χ2v) is 3.73. The molecule has 0 unspecified atom stereocenters. The number of nitrogens with one attached hydrogen (secondary N) is 1. The minimum absolute atomic E-state index is 0.233. The Kier molecular flexibility index (Phi) is 3.76. The Labute approximate surface area is 105 Å². The van der Waals surface area contributed by atoms with Crippen LogP contribution in [0.1, 0.15) is 10.5 Å². The molecule has 3 nitrogen and oxygen atoms in total. The highest BCUT2D eigenvalue weighted by Crippen LogP contribution is 2.13. The summed E-state index contributed by atoms with van der Waals surface area (Å²) in [4.78, 5) is 13.3. The number of benzene rings is 2. The molecule has 0 aliphatic rings. The van der Waals surface area contributed by atoms with Gasteiger partial charge in [0.2, 0.25) is 0 Å². The molecule has 0 spiro atoms. The summed E-state index contributed by atoms with van der Waals surface area (Å²) in [6.45, 7) is 0. The number of aromatic amines is 1. The maximum Gasteiger partial charge on any atom is 0.352 e. The molecule has 0 aliphatic carbocycles. The summed E-state index contributed by atoms with van der Waals surface area (Å²) >= 11 is 0. The molecule has 3 rings (SSSR count). The number of carbonyl (C=O) groups is 1. The summed E-state index contributed by atoms with van der Waals surface area (Å²) in [5, 5.41) is 9.58. The number of carboxylic acids is 1. The minimum atomic E-state index is -0.925. The van der Waals surface area contributed by atoms with Gasteiger partial charge < -0.3 is 10.1 Å². The van der Waals surface area contributed by atoms with Crippen LogP contribution in [-0.2, 0) is 0 Å². The van der Waals surface area contributed by atoms with Crippen LogP contribution in [-0.4, -0.2) is 16.1 Å². The van der Waals surface area contributed by atoms with Crippen LogP contribution in [0.15, 0.2) is 66.7 Å². The molecule has 0 saturated carbocycles. The summed E-state index contributed by atoms with van der Waals surface area (Å²) in [5.74, 6) is -0.925. The van der Waals surface area contributed by atoms with Gasteiger partial charge in [0.05, 0.1) is 0 Å². The van der Waals surface area contributed by atoms with E-state index in [0.29, 0.717) is 0 Å². The largest absolute Gasteiger partial charge is 0.477 e. The van der Waals surface area contributed by atoms with Crippen LogP contribution < -0.4 is 0 Å². The van der Waals surface area contributed by atoms with E-state index < -0.39 is 5.97 Å². The second kappa shape index (κ2) is 5.68. The Balaban J connectivity index is 0.000000169. The summed E-state index contributed by atoms with van der Waals surface area (Å²) in [7, 11) is 0. The zero-order valence-electron chi connectivity index (χ0n) is 9.71. The van der Waals surface area contributed by atoms with Gasteiger partial charge in [0, 0.05) is 10.9 Å². The molecule has 1 heterocycles. The van der Waals surface area contributed by atoms with Gasteiger partial charge in [-0.15, -0.1) is 0 Å². The van der Waals surface area contributed by atoms with Gasteiger partial charge in [-0.05, 0) is 12.1 Å². The van der Waals surface area contributed by atoms with Crippen LogP contribution in [0.25, 0.3) is 10.9 Å². The number of aromatic carboxylic acids is 1. The molecule has 3 aromatic rings. The molecule has 90 valence electrons. The number of fused-ring (bicyclic) bond motifs is 1.